The second kappa shape index (κ2) is 5.91. The van der Waals surface area contributed by atoms with Crippen LogP contribution in [-0.2, 0) is 0 Å². The van der Waals surface area contributed by atoms with Crippen LogP contribution >= 0.6 is 0 Å². The van der Waals surface area contributed by atoms with Crippen molar-refractivity contribution in [1.82, 2.24) is 4.98 Å². The van der Waals surface area contributed by atoms with Gasteiger partial charge in [0.2, 0.25) is 0 Å². The fourth-order valence-corrected chi connectivity index (χ4v) is 3.24. The van der Waals surface area contributed by atoms with E-state index in [1.54, 1.807) is 6.07 Å². The number of phenols is 1. The van der Waals surface area contributed by atoms with E-state index in [0.717, 1.165) is 27.2 Å². The zero-order valence-electron chi connectivity index (χ0n) is 13.8. The maximum atomic E-state index is 10.5. The highest BCUT2D eigenvalue weighted by Gasteiger charge is 2.17. The molecule has 0 amide bonds. The molecular weight excluding hydrogens is 310 g/mol. The van der Waals surface area contributed by atoms with Gasteiger partial charge >= 0.3 is 0 Å². The number of para-hydroxylation sites is 1. The summed E-state index contributed by atoms with van der Waals surface area (Å²) in [5.41, 5.74) is 3.68. The molecule has 4 nitrogen and oxygen atoms in total. The van der Waals surface area contributed by atoms with Gasteiger partial charge in [-0.05, 0) is 41.5 Å². The topological polar surface area (TPSA) is 71.5 Å². The molecule has 4 rings (SSSR count). The number of benzene rings is 3. The van der Waals surface area contributed by atoms with Crippen molar-refractivity contribution in [2.75, 3.05) is 0 Å². The monoisotopic (exact) mass is 327 g/mol. The number of hydrogen-bond acceptors (Lipinski definition) is 4. The van der Waals surface area contributed by atoms with E-state index in [2.05, 4.69) is 5.10 Å². The zero-order chi connectivity index (χ0) is 17.4. The predicted octanol–water partition coefficient (Wildman–Crippen LogP) is 4.11. The van der Waals surface area contributed by atoms with Crippen LogP contribution in [0.1, 0.15) is 16.8 Å². The van der Waals surface area contributed by atoms with Gasteiger partial charge in [-0.15, -0.1) is 0 Å². The molecule has 0 atom stereocenters. The van der Waals surface area contributed by atoms with Gasteiger partial charge in [0.25, 0.3) is 0 Å². The maximum absolute atomic E-state index is 10.5. The van der Waals surface area contributed by atoms with Crippen LogP contribution in [0.25, 0.3) is 21.7 Å². The number of nitrogens with zero attached hydrogens (tertiary/aromatic N) is 2. The average molecular weight is 327 g/mol. The van der Waals surface area contributed by atoms with Crippen LogP contribution in [0.5, 0.6) is 5.75 Å². The van der Waals surface area contributed by atoms with Crippen LogP contribution in [-0.4, -0.2) is 15.8 Å². The van der Waals surface area contributed by atoms with E-state index in [9.17, 15) is 5.11 Å². The first-order valence-electron chi connectivity index (χ1n) is 8.05. The largest absolute Gasteiger partial charge is 0.507 e. The lowest BCUT2D eigenvalue weighted by Gasteiger charge is -2.12. The molecule has 3 N–H and O–H groups in total. The first kappa shape index (κ1) is 15.1. The standard InChI is InChI=1S/C21H17N3O/c1-13-12-18(23-17-9-5-4-7-15(13)17)21(24-22)20-16-8-3-2-6-14(16)10-11-19(20)25/h2-12,25H,22H2,1H3/b24-21-. The third-order valence-corrected chi connectivity index (χ3v) is 4.44. The van der Waals surface area contributed by atoms with Crippen molar-refractivity contribution < 1.29 is 5.11 Å². The molecule has 122 valence electrons. The predicted molar refractivity (Wildman–Crippen MR) is 102 cm³/mol. The fourth-order valence-electron chi connectivity index (χ4n) is 3.24. The number of hydrogen-bond donors (Lipinski definition) is 2. The van der Waals surface area contributed by atoms with Crippen molar-refractivity contribution in [1.29, 1.82) is 0 Å². The number of hydrazone groups is 1. The van der Waals surface area contributed by atoms with Crippen LogP contribution in [0, 0.1) is 6.92 Å². The minimum absolute atomic E-state index is 0.135. The average Bonchev–Trinajstić information content (AvgIpc) is 2.64. The molecule has 0 fully saturated rings. The van der Waals surface area contributed by atoms with E-state index >= 15 is 0 Å². The van der Waals surface area contributed by atoms with Crippen molar-refractivity contribution >= 4 is 27.4 Å². The van der Waals surface area contributed by atoms with E-state index in [1.165, 1.54) is 0 Å². The minimum atomic E-state index is 0.135. The summed E-state index contributed by atoms with van der Waals surface area (Å²) < 4.78 is 0. The van der Waals surface area contributed by atoms with Crippen LogP contribution in [0.3, 0.4) is 0 Å². The molecule has 4 aromatic rings. The van der Waals surface area contributed by atoms with Gasteiger partial charge in [-0.3, -0.25) is 0 Å². The second-order valence-electron chi connectivity index (χ2n) is 6.00. The van der Waals surface area contributed by atoms with Crippen molar-refractivity contribution in [3.8, 4) is 5.75 Å². The summed E-state index contributed by atoms with van der Waals surface area (Å²) in [5.74, 6) is 5.86. The molecule has 1 heterocycles. The Bertz CT molecular complexity index is 1130. The highest BCUT2D eigenvalue weighted by atomic mass is 16.3. The third-order valence-electron chi connectivity index (χ3n) is 4.44. The Kier molecular flexibility index (Phi) is 3.58. The van der Waals surface area contributed by atoms with E-state index in [0.29, 0.717) is 17.0 Å². The molecule has 25 heavy (non-hydrogen) atoms. The molecular formula is C21H17N3O. The number of pyridine rings is 1. The highest BCUT2D eigenvalue weighted by Crippen LogP contribution is 2.30. The molecule has 0 aliphatic heterocycles. The molecule has 0 aliphatic carbocycles. The van der Waals surface area contributed by atoms with Gasteiger partial charge in [0.15, 0.2) is 0 Å². The van der Waals surface area contributed by atoms with Gasteiger partial charge in [0.05, 0.1) is 16.8 Å². The molecule has 0 saturated carbocycles. The van der Waals surface area contributed by atoms with Gasteiger partial charge < -0.3 is 10.9 Å². The number of rotatable bonds is 2. The molecule has 3 aromatic carbocycles. The van der Waals surface area contributed by atoms with Crippen molar-refractivity contribution in [2.45, 2.75) is 6.92 Å². The number of aryl methyl sites for hydroxylation is 1. The van der Waals surface area contributed by atoms with Crippen LogP contribution < -0.4 is 5.84 Å². The number of nitrogens with two attached hydrogens (primary N) is 1. The molecule has 0 radical (unpaired) electrons. The van der Waals surface area contributed by atoms with Crippen LogP contribution in [0.15, 0.2) is 71.8 Å². The minimum Gasteiger partial charge on any atom is -0.507 e. The maximum Gasteiger partial charge on any atom is 0.125 e. The summed E-state index contributed by atoms with van der Waals surface area (Å²) in [6.45, 7) is 2.03. The summed E-state index contributed by atoms with van der Waals surface area (Å²) in [7, 11) is 0. The van der Waals surface area contributed by atoms with Gasteiger partial charge in [0, 0.05) is 5.39 Å². The molecule has 0 unspecified atom stereocenters. The second-order valence-corrected chi connectivity index (χ2v) is 6.00. The van der Waals surface area contributed by atoms with Crippen molar-refractivity contribution in [3.63, 3.8) is 0 Å². The van der Waals surface area contributed by atoms with Crippen LogP contribution in [0.4, 0.5) is 0 Å². The Balaban J connectivity index is 2.01. The summed E-state index contributed by atoms with van der Waals surface area (Å²) >= 11 is 0. The highest BCUT2D eigenvalue weighted by molar-refractivity contribution is 6.20. The molecule has 0 saturated heterocycles. The number of aromatic nitrogens is 1. The summed E-state index contributed by atoms with van der Waals surface area (Å²) in [5, 5.41) is 17.5. The number of aromatic hydroxyl groups is 1. The quantitative estimate of drug-likeness (QED) is 0.330. The summed E-state index contributed by atoms with van der Waals surface area (Å²) in [4.78, 5) is 4.71. The van der Waals surface area contributed by atoms with Crippen LogP contribution in [0.2, 0.25) is 0 Å². The Morgan fingerprint density at radius 2 is 1.68 bits per heavy atom. The Morgan fingerprint density at radius 3 is 2.48 bits per heavy atom. The first-order valence-corrected chi connectivity index (χ1v) is 8.05. The normalized spacial score (nSPS) is 12.0. The van der Waals surface area contributed by atoms with E-state index in [4.69, 9.17) is 10.8 Å². The zero-order valence-corrected chi connectivity index (χ0v) is 13.8. The van der Waals surface area contributed by atoms with Gasteiger partial charge in [-0.2, -0.15) is 5.10 Å². The number of phenolic OH excluding ortho intramolecular Hbond substituents is 1. The van der Waals surface area contributed by atoms with Gasteiger partial charge in [-0.25, -0.2) is 4.98 Å². The molecule has 1 aromatic heterocycles. The first-order chi connectivity index (χ1) is 12.2. The number of fused-ring (bicyclic) bond motifs is 2. The fraction of sp³-hybridized carbons (Fsp3) is 0.0476. The Labute approximate surface area is 145 Å². The van der Waals surface area contributed by atoms with Gasteiger partial charge in [-0.1, -0.05) is 48.5 Å². The molecule has 0 aliphatic rings. The lowest BCUT2D eigenvalue weighted by molar-refractivity contribution is 0.475. The van der Waals surface area contributed by atoms with Crippen molar-refractivity contribution in [3.05, 3.63) is 83.6 Å². The summed E-state index contributed by atoms with van der Waals surface area (Å²) in [6, 6.07) is 21.3. The third kappa shape index (κ3) is 2.48. The SMILES string of the molecule is Cc1cc(/C(=N/N)c2c(O)ccc3ccccc23)nc2ccccc12. The Hall–Kier alpha value is -3.40. The van der Waals surface area contributed by atoms with E-state index < -0.39 is 0 Å². The van der Waals surface area contributed by atoms with E-state index in [-0.39, 0.29) is 5.75 Å². The van der Waals surface area contributed by atoms with E-state index in [1.807, 2.05) is 67.6 Å². The van der Waals surface area contributed by atoms with Crippen molar-refractivity contribution in [2.24, 2.45) is 10.9 Å². The molecule has 4 heteroatoms. The lowest BCUT2D eigenvalue weighted by atomic mass is 9.96. The van der Waals surface area contributed by atoms with Gasteiger partial charge in [0.1, 0.15) is 11.5 Å². The lowest BCUT2D eigenvalue weighted by Crippen LogP contribution is -2.10. The Morgan fingerprint density at radius 1 is 0.960 bits per heavy atom. The summed E-state index contributed by atoms with van der Waals surface area (Å²) in [6.07, 6.45) is 0. The molecule has 0 spiro atoms. The molecule has 0 bridgehead atoms. The smallest absolute Gasteiger partial charge is 0.125 e.